The monoisotopic (exact) mass is 232 g/mol. The zero-order chi connectivity index (χ0) is 12.2. The fourth-order valence-corrected chi connectivity index (χ4v) is 1.13. The molecule has 1 rings (SSSR count). The van der Waals surface area contributed by atoms with Crippen LogP contribution in [0.5, 0.6) is 0 Å². The van der Waals surface area contributed by atoms with Crippen LogP contribution >= 0.6 is 0 Å². The van der Waals surface area contributed by atoms with Gasteiger partial charge in [-0.3, -0.25) is 4.79 Å². The highest BCUT2D eigenvalue weighted by Crippen LogP contribution is 2.19. The standard InChI is InChI=1S/C10H11F3N2O/c11-10(12,13)4-5-15-8-3-1-2-7(6-8)9(14)16/h1-3,6,15H,4-5H2,(H2,14,16). The molecule has 3 nitrogen and oxygen atoms in total. The average molecular weight is 232 g/mol. The summed E-state index contributed by atoms with van der Waals surface area (Å²) >= 11 is 0. The van der Waals surface area contributed by atoms with Crippen LogP contribution in [0.15, 0.2) is 24.3 Å². The lowest BCUT2D eigenvalue weighted by Crippen LogP contribution is -2.15. The van der Waals surface area contributed by atoms with Crippen LogP contribution in [0.25, 0.3) is 0 Å². The Hall–Kier alpha value is -1.72. The van der Waals surface area contributed by atoms with Gasteiger partial charge in [0.1, 0.15) is 0 Å². The van der Waals surface area contributed by atoms with Crippen molar-refractivity contribution in [1.29, 1.82) is 0 Å². The van der Waals surface area contributed by atoms with Crippen molar-refractivity contribution in [3.05, 3.63) is 29.8 Å². The van der Waals surface area contributed by atoms with E-state index in [1.165, 1.54) is 12.1 Å². The van der Waals surface area contributed by atoms with Crippen LogP contribution in [-0.4, -0.2) is 18.6 Å². The maximum absolute atomic E-state index is 11.9. The number of hydrogen-bond acceptors (Lipinski definition) is 2. The van der Waals surface area contributed by atoms with Gasteiger partial charge in [-0.15, -0.1) is 0 Å². The normalized spacial score (nSPS) is 11.2. The van der Waals surface area contributed by atoms with E-state index in [1.54, 1.807) is 12.1 Å². The van der Waals surface area contributed by atoms with E-state index in [0.29, 0.717) is 5.69 Å². The summed E-state index contributed by atoms with van der Waals surface area (Å²) < 4.78 is 35.6. The average Bonchev–Trinajstić information content (AvgIpc) is 2.16. The summed E-state index contributed by atoms with van der Waals surface area (Å²) in [6, 6.07) is 6.04. The molecule has 0 heterocycles. The molecule has 1 amide bonds. The molecular formula is C10H11F3N2O. The molecule has 0 saturated carbocycles. The van der Waals surface area contributed by atoms with Gasteiger partial charge in [0, 0.05) is 17.8 Å². The van der Waals surface area contributed by atoms with E-state index in [-0.39, 0.29) is 12.1 Å². The molecule has 0 aliphatic heterocycles. The number of halogens is 3. The van der Waals surface area contributed by atoms with E-state index < -0.39 is 18.5 Å². The Labute approximate surface area is 90.4 Å². The first-order valence-electron chi connectivity index (χ1n) is 4.59. The molecular weight excluding hydrogens is 221 g/mol. The Morgan fingerprint density at radius 1 is 1.38 bits per heavy atom. The first kappa shape index (κ1) is 12.4. The highest BCUT2D eigenvalue weighted by molar-refractivity contribution is 5.93. The summed E-state index contributed by atoms with van der Waals surface area (Å²) in [7, 11) is 0. The molecule has 0 aliphatic rings. The number of carbonyl (C=O) groups excluding carboxylic acids is 1. The number of carbonyl (C=O) groups is 1. The molecule has 0 unspecified atom stereocenters. The summed E-state index contributed by atoms with van der Waals surface area (Å²) in [5, 5.41) is 2.57. The summed E-state index contributed by atoms with van der Waals surface area (Å²) in [5.41, 5.74) is 5.74. The topological polar surface area (TPSA) is 55.1 Å². The van der Waals surface area contributed by atoms with E-state index >= 15 is 0 Å². The zero-order valence-corrected chi connectivity index (χ0v) is 8.34. The first-order chi connectivity index (χ1) is 7.38. The first-order valence-corrected chi connectivity index (χ1v) is 4.59. The fraction of sp³-hybridized carbons (Fsp3) is 0.300. The quantitative estimate of drug-likeness (QED) is 0.835. The predicted molar refractivity (Wildman–Crippen MR) is 54.1 cm³/mol. The number of alkyl halides is 3. The van der Waals surface area contributed by atoms with E-state index in [0.717, 1.165) is 0 Å². The van der Waals surface area contributed by atoms with Crippen LogP contribution in [0.4, 0.5) is 18.9 Å². The molecule has 0 saturated heterocycles. The molecule has 1 aromatic carbocycles. The Bertz CT molecular complexity index is 377. The zero-order valence-electron chi connectivity index (χ0n) is 8.34. The predicted octanol–water partition coefficient (Wildman–Crippen LogP) is 2.15. The van der Waals surface area contributed by atoms with Crippen LogP contribution in [0.1, 0.15) is 16.8 Å². The second-order valence-corrected chi connectivity index (χ2v) is 3.24. The summed E-state index contributed by atoms with van der Waals surface area (Å²) in [6.07, 6.45) is -5.11. The number of nitrogens with one attached hydrogen (secondary N) is 1. The van der Waals surface area contributed by atoms with Crippen LogP contribution in [0, 0.1) is 0 Å². The van der Waals surface area contributed by atoms with Gasteiger partial charge in [-0.05, 0) is 18.2 Å². The van der Waals surface area contributed by atoms with E-state index in [2.05, 4.69) is 5.32 Å². The van der Waals surface area contributed by atoms with E-state index in [9.17, 15) is 18.0 Å². The van der Waals surface area contributed by atoms with Gasteiger partial charge < -0.3 is 11.1 Å². The number of rotatable bonds is 4. The Morgan fingerprint density at radius 2 is 2.06 bits per heavy atom. The Kier molecular flexibility index (Phi) is 3.76. The van der Waals surface area contributed by atoms with Gasteiger partial charge in [0.05, 0.1) is 6.42 Å². The summed E-state index contributed by atoms with van der Waals surface area (Å²) in [5.74, 6) is -0.612. The number of nitrogens with two attached hydrogens (primary N) is 1. The number of benzene rings is 1. The minimum Gasteiger partial charge on any atom is -0.385 e. The number of hydrogen-bond donors (Lipinski definition) is 2. The van der Waals surface area contributed by atoms with Gasteiger partial charge in [0.2, 0.25) is 5.91 Å². The SMILES string of the molecule is NC(=O)c1cccc(NCCC(F)(F)F)c1. The molecule has 1 aromatic rings. The van der Waals surface area contributed by atoms with Crippen LogP contribution in [0.2, 0.25) is 0 Å². The molecule has 0 spiro atoms. The van der Waals surface area contributed by atoms with Crippen LogP contribution < -0.4 is 11.1 Å². The lowest BCUT2D eigenvalue weighted by Gasteiger charge is -2.09. The molecule has 6 heteroatoms. The number of amides is 1. The van der Waals surface area contributed by atoms with Crippen molar-refractivity contribution in [2.24, 2.45) is 5.73 Å². The minimum absolute atomic E-state index is 0.230. The van der Waals surface area contributed by atoms with Gasteiger partial charge in [0.15, 0.2) is 0 Å². The van der Waals surface area contributed by atoms with E-state index in [4.69, 9.17) is 5.73 Å². The second-order valence-electron chi connectivity index (χ2n) is 3.24. The van der Waals surface area contributed by atoms with Crippen molar-refractivity contribution in [2.45, 2.75) is 12.6 Å². The van der Waals surface area contributed by atoms with E-state index in [1.807, 2.05) is 0 Å². The van der Waals surface area contributed by atoms with Crippen molar-refractivity contribution in [3.8, 4) is 0 Å². The fourth-order valence-electron chi connectivity index (χ4n) is 1.13. The smallest absolute Gasteiger partial charge is 0.385 e. The lowest BCUT2D eigenvalue weighted by atomic mass is 10.2. The number of anilines is 1. The molecule has 0 aromatic heterocycles. The molecule has 0 atom stereocenters. The maximum atomic E-state index is 11.9. The van der Waals surface area contributed by atoms with Crippen molar-refractivity contribution >= 4 is 11.6 Å². The molecule has 88 valence electrons. The maximum Gasteiger partial charge on any atom is 0.390 e. The highest BCUT2D eigenvalue weighted by Gasteiger charge is 2.26. The van der Waals surface area contributed by atoms with Crippen molar-refractivity contribution < 1.29 is 18.0 Å². The molecule has 0 fully saturated rings. The van der Waals surface area contributed by atoms with Gasteiger partial charge in [-0.1, -0.05) is 6.07 Å². The third-order valence-electron chi connectivity index (χ3n) is 1.88. The number of primary amides is 1. The Balaban J connectivity index is 2.55. The van der Waals surface area contributed by atoms with Crippen molar-refractivity contribution in [2.75, 3.05) is 11.9 Å². The van der Waals surface area contributed by atoms with Gasteiger partial charge in [0.25, 0.3) is 0 Å². The van der Waals surface area contributed by atoms with Crippen molar-refractivity contribution in [3.63, 3.8) is 0 Å². The van der Waals surface area contributed by atoms with Crippen molar-refractivity contribution in [1.82, 2.24) is 0 Å². The summed E-state index contributed by atoms with van der Waals surface area (Å²) in [4.78, 5) is 10.8. The lowest BCUT2D eigenvalue weighted by molar-refractivity contribution is -0.131. The van der Waals surface area contributed by atoms with Crippen LogP contribution in [-0.2, 0) is 0 Å². The van der Waals surface area contributed by atoms with Gasteiger partial charge in [-0.25, -0.2) is 0 Å². The molecule has 0 radical (unpaired) electrons. The third kappa shape index (κ3) is 4.20. The minimum atomic E-state index is -4.19. The van der Waals surface area contributed by atoms with Gasteiger partial charge >= 0.3 is 6.18 Å². The third-order valence-corrected chi connectivity index (χ3v) is 1.88. The molecule has 3 N–H and O–H groups in total. The molecule has 0 bridgehead atoms. The van der Waals surface area contributed by atoms with Crippen LogP contribution in [0.3, 0.4) is 0 Å². The summed E-state index contributed by atoms with van der Waals surface area (Å²) in [6.45, 7) is -0.230. The molecule has 16 heavy (non-hydrogen) atoms. The second kappa shape index (κ2) is 4.87. The highest BCUT2D eigenvalue weighted by atomic mass is 19.4. The Morgan fingerprint density at radius 3 is 2.62 bits per heavy atom. The molecule has 0 aliphatic carbocycles. The largest absolute Gasteiger partial charge is 0.390 e. The van der Waals surface area contributed by atoms with Gasteiger partial charge in [-0.2, -0.15) is 13.2 Å².